The first-order chi connectivity index (χ1) is 11.1. The fourth-order valence-corrected chi connectivity index (χ4v) is 2.45. The van der Waals surface area contributed by atoms with Crippen molar-refractivity contribution in [1.82, 2.24) is 9.38 Å². The maximum absolute atomic E-state index is 9.16. The number of aryl methyl sites for hydroxylation is 1. The minimum atomic E-state index is 0.231. The van der Waals surface area contributed by atoms with Gasteiger partial charge in [-0.3, -0.25) is 4.40 Å². The lowest BCUT2D eigenvalue weighted by atomic mass is 10.1. The van der Waals surface area contributed by atoms with Crippen LogP contribution in [-0.2, 0) is 0 Å². The van der Waals surface area contributed by atoms with Crippen LogP contribution in [0.4, 0.5) is 11.5 Å². The summed E-state index contributed by atoms with van der Waals surface area (Å²) >= 11 is 0. The molecule has 0 amide bonds. The van der Waals surface area contributed by atoms with E-state index in [-0.39, 0.29) is 5.92 Å². The van der Waals surface area contributed by atoms with E-state index in [1.54, 1.807) is 12.1 Å². The SMILES string of the molecule is Cc1cccn2c(N=Nc3ccccc3C#N)c(C(C)C)nc12. The summed E-state index contributed by atoms with van der Waals surface area (Å²) in [5, 5.41) is 17.9. The third-order valence-electron chi connectivity index (χ3n) is 3.67. The average Bonchev–Trinajstić information content (AvgIpc) is 2.93. The zero-order valence-corrected chi connectivity index (χ0v) is 13.4. The molecule has 0 saturated carbocycles. The topological polar surface area (TPSA) is 65.8 Å². The molecule has 5 nitrogen and oxygen atoms in total. The Balaban J connectivity index is 2.16. The van der Waals surface area contributed by atoms with E-state index in [2.05, 4.69) is 30.1 Å². The minimum absolute atomic E-state index is 0.231. The largest absolute Gasteiger partial charge is 0.283 e. The number of hydrogen-bond donors (Lipinski definition) is 0. The van der Waals surface area contributed by atoms with Gasteiger partial charge in [0.1, 0.15) is 17.4 Å². The molecule has 0 bridgehead atoms. The van der Waals surface area contributed by atoms with E-state index in [0.717, 1.165) is 16.9 Å². The van der Waals surface area contributed by atoms with E-state index in [4.69, 9.17) is 10.2 Å². The molecule has 0 aliphatic heterocycles. The Hall–Kier alpha value is -3.00. The highest BCUT2D eigenvalue weighted by Crippen LogP contribution is 2.30. The van der Waals surface area contributed by atoms with E-state index in [1.807, 2.05) is 41.8 Å². The van der Waals surface area contributed by atoms with Gasteiger partial charge < -0.3 is 0 Å². The van der Waals surface area contributed by atoms with Crippen molar-refractivity contribution in [2.24, 2.45) is 10.2 Å². The van der Waals surface area contributed by atoms with Crippen molar-refractivity contribution in [2.45, 2.75) is 26.7 Å². The van der Waals surface area contributed by atoms with Gasteiger partial charge in [-0.05, 0) is 36.6 Å². The second-order valence-corrected chi connectivity index (χ2v) is 5.69. The first kappa shape index (κ1) is 14.9. The van der Waals surface area contributed by atoms with Crippen LogP contribution in [0.25, 0.3) is 5.65 Å². The van der Waals surface area contributed by atoms with Gasteiger partial charge >= 0.3 is 0 Å². The third kappa shape index (κ3) is 2.71. The zero-order chi connectivity index (χ0) is 16.4. The molecule has 3 rings (SSSR count). The molecule has 2 heterocycles. The average molecular weight is 303 g/mol. The van der Waals surface area contributed by atoms with Gasteiger partial charge in [0, 0.05) is 6.20 Å². The molecule has 0 spiro atoms. The first-order valence-corrected chi connectivity index (χ1v) is 7.50. The first-order valence-electron chi connectivity index (χ1n) is 7.50. The van der Waals surface area contributed by atoms with Crippen LogP contribution >= 0.6 is 0 Å². The van der Waals surface area contributed by atoms with Crippen LogP contribution in [0.5, 0.6) is 0 Å². The van der Waals surface area contributed by atoms with Gasteiger partial charge in [0.25, 0.3) is 0 Å². The molecule has 23 heavy (non-hydrogen) atoms. The number of fused-ring (bicyclic) bond motifs is 1. The Labute approximate surface area is 134 Å². The number of nitriles is 1. The number of benzene rings is 1. The van der Waals surface area contributed by atoms with Crippen molar-refractivity contribution in [3.63, 3.8) is 0 Å². The highest BCUT2D eigenvalue weighted by molar-refractivity contribution is 5.58. The predicted octanol–water partition coefficient (Wildman–Crippen LogP) is 5.05. The number of aromatic nitrogens is 2. The monoisotopic (exact) mass is 303 g/mol. The van der Waals surface area contributed by atoms with E-state index >= 15 is 0 Å². The molecule has 5 heteroatoms. The summed E-state index contributed by atoms with van der Waals surface area (Å²) in [6.45, 7) is 6.19. The Morgan fingerprint density at radius 1 is 1.13 bits per heavy atom. The van der Waals surface area contributed by atoms with Crippen LogP contribution < -0.4 is 0 Å². The van der Waals surface area contributed by atoms with E-state index in [1.165, 1.54) is 0 Å². The lowest BCUT2D eigenvalue weighted by Crippen LogP contribution is -1.87. The van der Waals surface area contributed by atoms with Crippen molar-refractivity contribution in [2.75, 3.05) is 0 Å². The number of rotatable bonds is 3. The molecule has 0 fully saturated rings. The highest BCUT2D eigenvalue weighted by atomic mass is 15.2. The molecule has 0 unspecified atom stereocenters. The Morgan fingerprint density at radius 3 is 2.65 bits per heavy atom. The van der Waals surface area contributed by atoms with Crippen LogP contribution in [0.3, 0.4) is 0 Å². The molecular formula is C18H17N5. The minimum Gasteiger partial charge on any atom is -0.283 e. The van der Waals surface area contributed by atoms with Gasteiger partial charge in [0.15, 0.2) is 5.82 Å². The predicted molar refractivity (Wildman–Crippen MR) is 89.4 cm³/mol. The number of azo groups is 1. The normalized spacial score (nSPS) is 11.4. The zero-order valence-electron chi connectivity index (χ0n) is 13.4. The number of imidazole rings is 1. The van der Waals surface area contributed by atoms with Gasteiger partial charge in [-0.1, -0.05) is 32.0 Å². The van der Waals surface area contributed by atoms with E-state index in [9.17, 15) is 0 Å². The molecule has 0 aliphatic rings. The molecule has 0 saturated heterocycles. The smallest absolute Gasteiger partial charge is 0.183 e. The van der Waals surface area contributed by atoms with Gasteiger partial charge in [-0.25, -0.2) is 4.98 Å². The van der Waals surface area contributed by atoms with Crippen molar-refractivity contribution < 1.29 is 0 Å². The van der Waals surface area contributed by atoms with Crippen LogP contribution in [-0.4, -0.2) is 9.38 Å². The summed E-state index contributed by atoms with van der Waals surface area (Å²) < 4.78 is 1.95. The summed E-state index contributed by atoms with van der Waals surface area (Å²) in [5.74, 6) is 0.945. The molecule has 1 aromatic carbocycles. The Bertz CT molecular complexity index is 928. The molecule has 0 aliphatic carbocycles. The molecular weight excluding hydrogens is 286 g/mol. The molecule has 3 aromatic rings. The second-order valence-electron chi connectivity index (χ2n) is 5.69. The Kier molecular flexibility index (Phi) is 3.90. The van der Waals surface area contributed by atoms with E-state index in [0.29, 0.717) is 17.1 Å². The lowest BCUT2D eigenvalue weighted by Gasteiger charge is -2.02. The maximum atomic E-state index is 9.16. The maximum Gasteiger partial charge on any atom is 0.183 e. The van der Waals surface area contributed by atoms with Crippen LogP contribution in [0, 0.1) is 18.3 Å². The van der Waals surface area contributed by atoms with Crippen molar-refractivity contribution >= 4 is 17.2 Å². The lowest BCUT2D eigenvalue weighted by molar-refractivity contribution is 0.831. The summed E-state index contributed by atoms with van der Waals surface area (Å²) in [4.78, 5) is 4.71. The van der Waals surface area contributed by atoms with Gasteiger partial charge in [-0.2, -0.15) is 5.26 Å². The van der Waals surface area contributed by atoms with Gasteiger partial charge in [0.2, 0.25) is 0 Å². The fourth-order valence-electron chi connectivity index (χ4n) is 2.45. The van der Waals surface area contributed by atoms with Crippen LogP contribution in [0.1, 0.15) is 36.6 Å². The molecule has 0 atom stereocenters. The van der Waals surface area contributed by atoms with Gasteiger partial charge in [-0.15, -0.1) is 10.2 Å². The fraction of sp³-hybridized carbons (Fsp3) is 0.222. The number of pyridine rings is 1. The molecule has 2 aromatic heterocycles. The highest BCUT2D eigenvalue weighted by Gasteiger charge is 2.16. The standard InChI is InChI=1S/C18H17N5/c1-12(2)16-18(23-10-6-7-13(3)17(23)20-16)22-21-15-9-5-4-8-14(15)11-19/h4-10,12H,1-3H3. The van der Waals surface area contributed by atoms with Crippen LogP contribution in [0.15, 0.2) is 52.8 Å². The summed E-state index contributed by atoms with van der Waals surface area (Å²) in [5.41, 5.74) is 3.95. The van der Waals surface area contributed by atoms with E-state index < -0.39 is 0 Å². The number of hydrogen-bond acceptors (Lipinski definition) is 4. The molecule has 0 N–H and O–H groups in total. The van der Waals surface area contributed by atoms with Crippen molar-refractivity contribution in [3.05, 3.63) is 59.4 Å². The molecule has 114 valence electrons. The second kappa shape index (κ2) is 6.01. The quantitative estimate of drug-likeness (QED) is 0.635. The third-order valence-corrected chi connectivity index (χ3v) is 3.67. The summed E-state index contributed by atoms with van der Waals surface area (Å²) in [7, 11) is 0. The Morgan fingerprint density at radius 2 is 1.91 bits per heavy atom. The molecule has 0 radical (unpaired) electrons. The van der Waals surface area contributed by atoms with Crippen LogP contribution in [0.2, 0.25) is 0 Å². The number of nitrogens with zero attached hydrogens (tertiary/aromatic N) is 5. The summed E-state index contributed by atoms with van der Waals surface area (Å²) in [6, 6.07) is 13.3. The van der Waals surface area contributed by atoms with Crippen molar-refractivity contribution in [3.8, 4) is 6.07 Å². The van der Waals surface area contributed by atoms with Crippen molar-refractivity contribution in [1.29, 1.82) is 5.26 Å². The van der Waals surface area contributed by atoms with Gasteiger partial charge in [0.05, 0.1) is 11.3 Å². The summed E-state index contributed by atoms with van der Waals surface area (Å²) in [6.07, 6.45) is 1.94.